The molecule has 0 heterocycles. The fourth-order valence-electron chi connectivity index (χ4n) is 1.60. The number of halogens is 1. The maximum Gasteiger partial charge on any atom is 0.253 e. The maximum atomic E-state index is 12.0. The van der Waals surface area contributed by atoms with Crippen LogP contribution in [-0.4, -0.2) is 32.7 Å². The second-order valence-electron chi connectivity index (χ2n) is 4.16. The number of unbranched alkanes of at least 4 members (excludes halogenated alkanes) is 1. The van der Waals surface area contributed by atoms with Gasteiger partial charge in [-0.15, -0.1) is 0 Å². The van der Waals surface area contributed by atoms with Crippen LogP contribution in [0.3, 0.4) is 0 Å². The Kier molecular flexibility index (Phi) is 7.30. The standard InChI is InChI=1S/C14H21ClN2O2/c1-3-4-8-19-9-7-17-14(18)12-10-11(15)5-6-13(12)16-2/h5-6,10,16H,3-4,7-9H2,1-2H3,(H,17,18). The van der Waals surface area contributed by atoms with E-state index in [1.807, 2.05) is 0 Å². The van der Waals surface area contributed by atoms with E-state index >= 15 is 0 Å². The number of carbonyl (C=O) groups excluding carboxylic acids is 1. The van der Waals surface area contributed by atoms with Crippen molar-refractivity contribution in [3.8, 4) is 0 Å². The first-order valence-corrected chi connectivity index (χ1v) is 6.90. The number of hydrogen-bond donors (Lipinski definition) is 2. The highest BCUT2D eigenvalue weighted by atomic mass is 35.5. The Hall–Kier alpha value is -1.26. The van der Waals surface area contributed by atoms with Gasteiger partial charge in [0.2, 0.25) is 0 Å². The van der Waals surface area contributed by atoms with E-state index in [0.717, 1.165) is 25.1 Å². The quantitative estimate of drug-likeness (QED) is 0.722. The molecule has 1 amide bonds. The van der Waals surface area contributed by atoms with Crippen molar-refractivity contribution in [3.05, 3.63) is 28.8 Å². The molecule has 0 bridgehead atoms. The van der Waals surface area contributed by atoms with Crippen LogP contribution in [0.4, 0.5) is 5.69 Å². The summed E-state index contributed by atoms with van der Waals surface area (Å²) in [5.41, 5.74) is 1.30. The average molecular weight is 285 g/mol. The Bertz CT molecular complexity index is 410. The molecule has 0 unspecified atom stereocenters. The molecule has 1 aromatic rings. The number of ether oxygens (including phenoxy) is 1. The fourth-order valence-corrected chi connectivity index (χ4v) is 1.77. The van der Waals surface area contributed by atoms with E-state index in [9.17, 15) is 4.79 Å². The third-order valence-electron chi connectivity index (χ3n) is 2.67. The van der Waals surface area contributed by atoms with Crippen molar-refractivity contribution in [2.75, 3.05) is 32.1 Å². The molecule has 0 spiro atoms. The van der Waals surface area contributed by atoms with Crippen molar-refractivity contribution in [2.24, 2.45) is 0 Å². The van der Waals surface area contributed by atoms with Gasteiger partial charge >= 0.3 is 0 Å². The average Bonchev–Trinajstić information content (AvgIpc) is 2.42. The number of benzene rings is 1. The normalized spacial score (nSPS) is 10.3. The van der Waals surface area contributed by atoms with Crippen LogP contribution in [0, 0.1) is 0 Å². The van der Waals surface area contributed by atoms with Gasteiger partial charge in [0.1, 0.15) is 0 Å². The lowest BCUT2D eigenvalue weighted by Gasteiger charge is -2.10. The van der Waals surface area contributed by atoms with E-state index in [2.05, 4.69) is 17.6 Å². The Morgan fingerprint density at radius 1 is 1.37 bits per heavy atom. The van der Waals surface area contributed by atoms with Crippen LogP contribution in [0.25, 0.3) is 0 Å². The molecule has 0 fully saturated rings. The lowest BCUT2D eigenvalue weighted by Crippen LogP contribution is -2.28. The molecule has 0 saturated heterocycles. The molecule has 0 aromatic heterocycles. The summed E-state index contributed by atoms with van der Waals surface area (Å²) in [4.78, 5) is 12.0. The van der Waals surface area contributed by atoms with Crippen LogP contribution in [0.15, 0.2) is 18.2 Å². The Morgan fingerprint density at radius 2 is 2.16 bits per heavy atom. The molecule has 4 nitrogen and oxygen atoms in total. The van der Waals surface area contributed by atoms with Crippen LogP contribution < -0.4 is 10.6 Å². The third-order valence-corrected chi connectivity index (χ3v) is 2.90. The lowest BCUT2D eigenvalue weighted by atomic mass is 10.1. The molecule has 19 heavy (non-hydrogen) atoms. The minimum atomic E-state index is -0.147. The van der Waals surface area contributed by atoms with Gasteiger partial charge in [0.25, 0.3) is 5.91 Å². The van der Waals surface area contributed by atoms with E-state index < -0.39 is 0 Å². The smallest absolute Gasteiger partial charge is 0.253 e. The van der Waals surface area contributed by atoms with E-state index in [1.54, 1.807) is 25.2 Å². The number of hydrogen-bond acceptors (Lipinski definition) is 3. The Morgan fingerprint density at radius 3 is 2.84 bits per heavy atom. The van der Waals surface area contributed by atoms with Crippen molar-refractivity contribution in [2.45, 2.75) is 19.8 Å². The maximum absolute atomic E-state index is 12.0. The van der Waals surface area contributed by atoms with Crippen molar-refractivity contribution in [1.29, 1.82) is 0 Å². The predicted octanol–water partition coefficient (Wildman–Crippen LogP) is 2.93. The first kappa shape index (κ1) is 15.8. The Labute approximate surface area is 119 Å². The van der Waals surface area contributed by atoms with Gasteiger partial charge in [0.15, 0.2) is 0 Å². The number of rotatable bonds is 8. The second-order valence-corrected chi connectivity index (χ2v) is 4.60. The van der Waals surface area contributed by atoms with Gasteiger partial charge in [-0.05, 0) is 24.6 Å². The molecule has 106 valence electrons. The summed E-state index contributed by atoms with van der Waals surface area (Å²) < 4.78 is 5.38. The predicted molar refractivity (Wildman–Crippen MR) is 79.1 cm³/mol. The zero-order chi connectivity index (χ0) is 14.1. The van der Waals surface area contributed by atoms with Crippen LogP contribution in [0.1, 0.15) is 30.1 Å². The van der Waals surface area contributed by atoms with Crippen LogP contribution >= 0.6 is 11.6 Å². The number of nitrogens with one attached hydrogen (secondary N) is 2. The minimum absolute atomic E-state index is 0.147. The number of carbonyl (C=O) groups is 1. The Balaban J connectivity index is 2.43. The topological polar surface area (TPSA) is 50.4 Å². The second kappa shape index (κ2) is 8.77. The number of amides is 1. The molecule has 0 aliphatic carbocycles. The highest BCUT2D eigenvalue weighted by molar-refractivity contribution is 6.31. The van der Waals surface area contributed by atoms with E-state index in [4.69, 9.17) is 16.3 Å². The summed E-state index contributed by atoms with van der Waals surface area (Å²) in [6.07, 6.45) is 2.16. The summed E-state index contributed by atoms with van der Waals surface area (Å²) in [6, 6.07) is 5.19. The molecule has 1 rings (SSSR count). The minimum Gasteiger partial charge on any atom is -0.387 e. The van der Waals surface area contributed by atoms with E-state index in [0.29, 0.717) is 23.7 Å². The first-order valence-electron chi connectivity index (χ1n) is 6.52. The molecule has 5 heteroatoms. The molecule has 0 radical (unpaired) electrons. The molecule has 0 aliphatic heterocycles. The fraction of sp³-hybridized carbons (Fsp3) is 0.500. The monoisotopic (exact) mass is 284 g/mol. The molecular weight excluding hydrogens is 264 g/mol. The summed E-state index contributed by atoms with van der Waals surface area (Å²) in [7, 11) is 1.77. The van der Waals surface area contributed by atoms with Gasteiger partial charge in [-0.25, -0.2) is 0 Å². The van der Waals surface area contributed by atoms with Gasteiger partial charge in [-0.3, -0.25) is 4.79 Å². The van der Waals surface area contributed by atoms with Gasteiger partial charge in [-0.2, -0.15) is 0 Å². The van der Waals surface area contributed by atoms with Crippen molar-refractivity contribution >= 4 is 23.2 Å². The van der Waals surface area contributed by atoms with Gasteiger partial charge in [-0.1, -0.05) is 24.9 Å². The van der Waals surface area contributed by atoms with Crippen LogP contribution in [0.5, 0.6) is 0 Å². The largest absolute Gasteiger partial charge is 0.387 e. The van der Waals surface area contributed by atoms with E-state index in [1.165, 1.54) is 0 Å². The molecular formula is C14H21ClN2O2. The lowest BCUT2D eigenvalue weighted by molar-refractivity contribution is 0.0913. The summed E-state index contributed by atoms with van der Waals surface area (Å²) in [5.74, 6) is -0.147. The molecule has 0 saturated carbocycles. The van der Waals surface area contributed by atoms with E-state index in [-0.39, 0.29) is 5.91 Å². The molecule has 2 N–H and O–H groups in total. The van der Waals surface area contributed by atoms with Gasteiger partial charge in [0.05, 0.1) is 12.2 Å². The van der Waals surface area contributed by atoms with Crippen molar-refractivity contribution in [1.82, 2.24) is 5.32 Å². The first-order chi connectivity index (χ1) is 9.19. The highest BCUT2D eigenvalue weighted by Gasteiger charge is 2.10. The van der Waals surface area contributed by atoms with Crippen LogP contribution in [0.2, 0.25) is 5.02 Å². The van der Waals surface area contributed by atoms with Crippen molar-refractivity contribution in [3.63, 3.8) is 0 Å². The summed E-state index contributed by atoms with van der Waals surface area (Å²) >= 11 is 5.90. The zero-order valence-electron chi connectivity index (χ0n) is 11.5. The molecule has 0 atom stereocenters. The molecule has 0 aliphatic rings. The number of anilines is 1. The third kappa shape index (κ3) is 5.49. The van der Waals surface area contributed by atoms with Crippen molar-refractivity contribution < 1.29 is 9.53 Å². The van der Waals surface area contributed by atoms with Gasteiger partial charge < -0.3 is 15.4 Å². The summed E-state index contributed by atoms with van der Waals surface area (Å²) in [6.45, 7) is 3.88. The SMILES string of the molecule is CCCCOCCNC(=O)c1cc(Cl)ccc1NC. The summed E-state index contributed by atoms with van der Waals surface area (Å²) in [5, 5.41) is 6.33. The van der Waals surface area contributed by atoms with Gasteiger partial charge in [0, 0.05) is 30.9 Å². The molecule has 1 aromatic carbocycles. The van der Waals surface area contributed by atoms with Crippen LogP contribution in [-0.2, 0) is 4.74 Å². The zero-order valence-corrected chi connectivity index (χ0v) is 12.2. The highest BCUT2D eigenvalue weighted by Crippen LogP contribution is 2.19.